The average Bonchev–Trinajstić information content (AvgIpc) is 3.54. The van der Waals surface area contributed by atoms with Crippen molar-refractivity contribution in [2.45, 2.75) is 45.3 Å². The standard InChI is InChI=1S/C29H36N6O4/c1-19(2)39-25-8-5-21(16-30-25)27-23-15-22(6-7-24(23)32-33-27)31-28(37)29(38-4)11-14-34(18-29)17-26(36)35-12-9-20(3)10-13-35/h5-9,15-16,19H,10-14,17-18H2,1-4H3,(H,31,37)(H,32,33)/t29-/m0/s1. The molecule has 0 bridgehead atoms. The molecule has 0 unspecified atom stereocenters. The van der Waals surface area contributed by atoms with E-state index in [0.717, 1.165) is 35.1 Å². The Morgan fingerprint density at radius 3 is 2.74 bits per heavy atom. The van der Waals surface area contributed by atoms with Gasteiger partial charge >= 0.3 is 0 Å². The summed E-state index contributed by atoms with van der Waals surface area (Å²) in [5.74, 6) is 0.418. The Kier molecular flexibility index (Phi) is 7.67. The molecule has 39 heavy (non-hydrogen) atoms. The fourth-order valence-corrected chi connectivity index (χ4v) is 5.11. The number of amides is 2. The molecule has 1 fully saturated rings. The molecule has 0 radical (unpaired) electrons. The fourth-order valence-electron chi connectivity index (χ4n) is 5.11. The summed E-state index contributed by atoms with van der Waals surface area (Å²) in [6.45, 7) is 8.66. The summed E-state index contributed by atoms with van der Waals surface area (Å²) < 4.78 is 11.4. The summed E-state index contributed by atoms with van der Waals surface area (Å²) in [5, 5.41) is 11.4. The van der Waals surface area contributed by atoms with E-state index in [1.807, 2.05) is 54.0 Å². The molecule has 0 aliphatic carbocycles. The molecule has 1 atom stereocenters. The monoisotopic (exact) mass is 532 g/mol. The van der Waals surface area contributed by atoms with Crippen molar-refractivity contribution in [2.24, 2.45) is 0 Å². The summed E-state index contributed by atoms with van der Waals surface area (Å²) in [7, 11) is 1.56. The first kappa shape index (κ1) is 26.8. The number of ether oxygens (including phenoxy) is 2. The molecule has 0 spiro atoms. The summed E-state index contributed by atoms with van der Waals surface area (Å²) in [4.78, 5) is 34.6. The van der Waals surface area contributed by atoms with Gasteiger partial charge in [0.05, 0.1) is 18.2 Å². The third-order valence-electron chi connectivity index (χ3n) is 7.45. The van der Waals surface area contributed by atoms with Crippen molar-refractivity contribution in [1.29, 1.82) is 0 Å². The number of carbonyl (C=O) groups is 2. The Morgan fingerprint density at radius 1 is 1.21 bits per heavy atom. The number of anilines is 1. The van der Waals surface area contributed by atoms with Gasteiger partial charge in [0.2, 0.25) is 11.8 Å². The van der Waals surface area contributed by atoms with Crippen molar-refractivity contribution in [3.63, 3.8) is 0 Å². The van der Waals surface area contributed by atoms with E-state index in [1.54, 1.807) is 13.3 Å². The van der Waals surface area contributed by atoms with E-state index < -0.39 is 5.60 Å². The van der Waals surface area contributed by atoms with Gasteiger partial charge in [-0.25, -0.2) is 4.98 Å². The van der Waals surface area contributed by atoms with Crippen LogP contribution in [0.4, 0.5) is 5.69 Å². The number of aromatic nitrogens is 3. The Bertz CT molecular complexity index is 1380. The second kappa shape index (κ2) is 11.2. The third kappa shape index (κ3) is 5.81. The Balaban J connectivity index is 1.27. The number of aromatic amines is 1. The van der Waals surface area contributed by atoms with Gasteiger partial charge in [0.1, 0.15) is 5.69 Å². The maximum Gasteiger partial charge on any atom is 0.258 e. The molecule has 3 aromatic rings. The molecule has 5 rings (SSSR count). The van der Waals surface area contributed by atoms with Gasteiger partial charge in [0, 0.05) is 62.2 Å². The molecule has 10 heteroatoms. The topological polar surface area (TPSA) is 113 Å². The summed E-state index contributed by atoms with van der Waals surface area (Å²) >= 11 is 0. The van der Waals surface area contributed by atoms with Crippen molar-refractivity contribution < 1.29 is 19.1 Å². The van der Waals surface area contributed by atoms with Crippen LogP contribution >= 0.6 is 0 Å². The van der Waals surface area contributed by atoms with Crippen molar-refractivity contribution in [3.05, 3.63) is 48.2 Å². The SMILES string of the molecule is CO[C@@]1(C(=O)Nc2ccc3[nH]nc(-c4ccc(OC(C)C)nc4)c3c2)CCN(CC(=O)N2CC=C(C)CC2)C1. The quantitative estimate of drug-likeness (QED) is 0.426. The van der Waals surface area contributed by atoms with Crippen LogP contribution < -0.4 is 10.1 Å². The molecule has 2 aromatic heterocycles. The number of hydrogen-bond donors (Lipinski definition) is 2. The lowest BCUT2D eigenvalue weighted by molar-refractivity contribution is -0.138. The number of carbonyl (C=O) groups excluding carboxylic acids is 2. The highest BCUT2D eigenvalue weighted by atomic mass is 16.5. The highest BCUT2D eigenvalue weighted by Crippen LogP contribution is 2.31. The second-order valence-electron chi connectivity index (χ2n) is 10.6. The minimum absolute atomic E-state index is 0.0417. The number of fused-ring (bicyclic) bond motifs is 1. The van der Waals surface area contributed by atoms with Crippen LogP contribution in [0.25, 0.3) is 22.2 Å². The largest absolute Gasteiger partial charge is 0.475 e. The maximum absolute atomic E-state index is 13.5. The molecule has 2 aliphatic rings. The first-order valence-electron chi connectivity index (χ1n) is 13.4. The van der Waals surface area contributed by atoms with Crippen molar-refractivity contribution in [3.8, 4) is 17.1 Å². The maximum atomic E-state index is 13.5. The zero-order valence-corrected chi connectivity index (χ0v) is 23.0. The molecule has 2 aliphatic heterocycles. The smallest absolute Gasteiger partial charge is 0.258 e. The third-order valence-corrected chi connectivity index (χ3v) is 7.45. The lowest BCUT2D eigenvalue weighted by Gasteiger charge is -2.29. The number of likely N-dealkylation sites (tertiary alicyclic amines) is 1. The van der Waals surface area contributed by atoms with Crippen LogP contribution in [-0.4, -0.2) is 88.3 Å². The molecule has 2 N–H and O–H groups in total. The van der Waals surface area contributed by atoms with E-state index in [9.17, 15) is 9.59 Å². The minimum atomic E-state index is -1.02. The zero-order valence-electron chi connectivity index (χ0n) is 23.0. The van der Waals surface area contributed by atoms with Gasteiger partial charge in [-0.2, -0.15) is 5.10 Å². The number of hydrogen-bond acceptors (Lipinski definition) is 7. The number of methoxy groups -OCH3 is 1. The molecule has 2 amide bonds. The summed E-state index contributed by atoms with van der Waals surface area (Å²) in [5.41, 5.74) is 3.36. The van der Waals surface area contributed by atoms with Gasteiger partial charge in [-0.1, -0.05) is 11.6 Å². The number of H-pyrrole nitrogens is 1. The highest BCUT2D eigenvalue weighted by molar-refractivity contribution is 6.01. The van der Waals surface area contributed by atoms with E-state index in [2.05, 4.69) is 33.5 Å². The van der Waals surface area contributed by atoms with Gasteiger partial charge in [-0.05, 0) is 57.9 Å². The van der Waals surface area contributed by atoms with E-state index in [1.165, 1.54) is 5.57 Å². The molecule has 10 nitrogen and oxygen atoms in total. The molecule has 206 valence electrons. The number of nitrogens with one attached hydrogen (secondary N) is 2. The van der Waals surface area contributed by atoms with Crippen LogP contribution in [0, 0.1) is 0 Å². The zero-order chi connectivity index (χ0) is 27.6. The van der Waals surface area contributed by atoms with Gasteiger partial charge in [0.25, 0.3) is 5.91 Å². The fraction of sp³-hybridized carbons (Fsp3) is 0.448. The Labute approximate surface area is 228 Å². The number of nitrogens with zero attached hydrogens (tertiary/aromatic N) is 4. The Morgan fingerprint density at radius 2 is 2.05 bits per heavy atom. The number of pyridine rings is 1. The molecule has 1 saturated heterocycles. The van der Waals surface area contributed by atoms with Crippen LogP contribution in [-0.2, 0) is 14.3 Å². The lowest BCUT2D eigenvalue weighted by Crippen LogP contribution is -2.48. The predicted molar refractivity (Wildman–Crippen MR) is 149 cm³/mol. The van der Waals surface area contributed by atoms with Crippen LogP contribution in [0.5, 0.6) is 5.88 Å². The van der Waals surface area contributed by atoms with Crippen LogP contribution in [0.1, 0.15) is 33.6 Å². The molecule has 0 saturated carbocycles. The predicted octanol–water partition coefficient (Wildman–Crippen LogP) is 3.62. The highest BCUT2D eigenvalue weighted by Gasteiger charge is 2.45. The van der Waals surface area contributed by atoms with E-state index in [4.69, 9.17) is 9.47 Å². The van der Waals surface area contributed by atoms with Crippen LogP contribution in [0.15, 0.2) is 48.2 Å². The Hall–Kier alpha value is -3.76. The molecule has 4 heterocycles. The van der Waals surface area contributed by atoms with Crippen molar-refractivity contribution in [2.75, 3.05) is 45.2 Å². The first-order chi connectivity index (χ1) is 18.8. The average molecular weight is 533 g/mol. The van der Waals surface area contributed by atoms with Crippen molar-refractivity contribution in [1.82, 2.24) is 25.0 Å². The van der Waals surface area contributed by atoms with Gasteiger partial charge < -0.3 is 19.7 Å². The second-order valence-corrected chi connectivity index (χ2v) is 10.6. The molecule has 1 aromatic carbocycles. The van der Waals surface area contributed by atoms with Crippen molar-refractivity contribution >= 4 is 28.4 Å². The van der Waals surface area contributed by atoms with Crippen LogP contribution in [0.2, 0.25) is 0 Å². The first-order valence-corrected chi connectivity index (χ1v) is 13.4. The summed E-state index contributed by atoms with van der Waals surface area (Å²) in [6.07, 6.45) is 5.30. The van der Waals surface area contributed by atoms with Gasteiger partial charge in [-0.3, -0.25) is 19.6 Å². The summed E-state index contributed by atoms with van der Waals surface area (Å²) in [6, 6.07) is 9.37. The van der Waals surface area contributed by atoms with E-state index in [0.29, 0.717) is 37.6 Å². The molecular weight excluding hydrogens is 496 g/mol. The van der Waals surface area contributed by atoms with E-state index in [-0.39, 0.29) is 24.5 Å². The van der Waals surface area contributed by atoms with Gasteiger partial charge in [-0.15, -0.1) is 0 Å². The number of rotatable bonds is 8. The number of benzene rings is 1. The van der Waals surface area contributed by atoms with Gasteiger partial charge in [0.15, 0.2) is 5.60 Å². The van der Waals surface area contributed by atoms with Crippen LogP contribution in [0.3, 0.4) is 0 Å². The van der Waals surface area contributed by atoms with E-state index >= 15 is 0 Å². The minimum Gasteiger partial charge on any atom is -0.475 e. The molecular formula is C29H36N6O4. The normalized spacial score (nSPS) is 19.9. The lowest BCUT2D eigenvalue weighted by atomic mass is 10.0.